The van der Waals surface area contributed by atoms with Crippen molar-refractivity contribution in [3.8, 4) is 5.88 Å². The molecule has 1 saturated carbocycles. The van der Waals surface area contributed by atoms with Crippen LogP contribution in [0.25, 0.3) is 0 Å². The van der Waals surface area contributed by atoms with Gasteiger partial charge in [-0.3, -0.25) is 0 Å². The maximum atomic E-state index is 5.07. The Morgan fingerprint density at radius 3 is 2.86 bits per heavy atom. The highest BCUT2D eigenvalue weighted by Crippen LogP contribution is 2.22. The van der Waals surface area contributed by atoms with Gasteiger partial charge in [-0.15, -0.1) is 0 Å². The highest BCUT2D eigenvalue weighted by molar-refractivity contribution is 5.38. The molecule has 0 aromatic carbocycles. The van der Waals surface area contributed by atoms with E-state index in [-0.39, 0.29) is 0 Å². The molecule has 1 aliphatic carbocycles. The lowest BCUT2D eigenvalue weighted by Gasteiger charge is -2.12. The van der Waals surface area contributed by atoms with Crippen LogP contribution in [0.3, 0.4) is 0 Å². The number of hydrogen-bond acceptors (Lipinski definition) is 3. The first-order valence-corrected chi connectivity index (χ1v) is 5.16. The zero-order chi connectivity index (χ0) is 9.80. The van der Waals surface area contributed by atoms with E-state index in [1.165, 1.54) is 25.7 Å². The van der Waals surface area contributed by atoms with E-state index >= 15 is 0 Å². The van der Waals surface area contributed by atoms with Gasteiger partial charge in [-0.05, 0) is 18.9 Å². The van der Waals surface area contributed by atoms with Crippen molar-refractivity contribution in [3.63, 3.8) is 0 Å². The number of hydrogen-bond donors (Lipinski definition) is 1. The van der Waals surface area contributed by atoms with Gasteiger partial charge in [0.1, 0.15) is 5.82 Å². The van der Waals surface area contributed by atoms with Crippen molar-refractivity contribution in [2.24, 2.45) is 0 Å². The number of pyridine rings is 1. The van der Waals surface area contributed by atoms with Gasteiger partial charge in [0, 0.05) is 12.1 Å². The SMILES string of the molecule is COc1cccc(NC2CCCC2)n1. The zero-order valence-corrected chi connectivity index (χ0v) is 8.49. The summed E-state index contributed by atoms with van der Waals surface area (Å²) in [5.41, 5.74) is 0. The summed E-state index contributed by atoms with van der Waals surface area (Å²) in [5, 5.41) is 3.42. The minimum Gasteiger partial charge on any atom is -0.481 e. The molecule has 14 heavy (non-hydrogen) atoms. The van der Waals surface area contributed by atoms with Crippen LogP contribution in [0, 0.1) is 0 Å². The molecular formula is C11H16N2O. The Kier molecular flexibility index (Phi) is 2.87. The van der Waals surface area contributed by atoms with Gasteiger partial charge < -0.3 is 10.1 Å². The normalized spacial score (nSPS) is 16.9. The molecule has 76 valence electrons. The monoisotopic (exact) mass is 192 g/mol. The van der Waals surface area contributed by atoms with Crippen molar-refractivity contribution in [3.05, 3.63) is 18.2 Å². The molecule has 1 N–H and O–H groups in total. The van der Waals surface area contributed by atoms with Crippen molar-refractivity contribution < 1.29 is 4.74 Å². The van der Waals surface area contributed by atoms with Crippen molar-refractivity contribution in [2.75, 3.05) is 12.4 Å². The fraction of sp³-hybridized carbons (Fsp3) is 0.545. The maximum absolute atomic E-state index is 5.07. The number of anilines is 1. The van der Waals surface area contributed by atoms with E-state index < -0.39 is 0 Å². The summed E-state index contributed by atoms with van der Waals surface area (Å²) in [6.07, 6.45) is 5.20. The lowest BCUT2D eigenvalue weighted by atomic mass is 10.2. The second-order valence-corrected chi connectivity index (χ2v) is 3.69. The van der Waals surface area contributed by atoms with E-state index in [9.17, 15) is 0 Å². The first kappa shape index (κ1) is 9.31. The average molecular weight is 192 g/mol. The van der Waals surface area contributed by atoms with Crippen molar-refractivity contribution in [1.82, 2.24) is 4.98 Å². The molecule has 0 amide bonds. The van der Waals surface area contributed by atoms with Gasteiger partial charge in [0.25, 0.3) is 0 Å². The Morgan fingerprint density at radius 1 is 1.36 bits per heavy atom. The first-order valence-electron chi connectivity index (χ1n) is 5.16. The lowest BCUT2D eigenvalue weighted by molar-refractivity contribution is 0.398. The number of aromatic nitrogens is 1. The fourth-order valence-corrected chi connectivity index (χ4v) is 1.89. The second-order valence-electron chi connectivity index (χ2n) is 3.69. The standard InChI is InChI=1S/C11H16N2O/c1-14-11-8-4-7-10(13-11)12-9-5-2-3-6-9/h4,7-9H,2-3,5-6H2,1H3,(H,12,13). The van der Waals surface area contributed by atoms with Crippen LogP contribution in [0.15, 0.2) is 18.2 Å². The van der Waals surface area contributed by atoms with Gasteiger partial charge in [0.2, 0.25) is 5.88 Å². The predicted molar refractivity (Wildman–Crippen MR) is 56.7 cm³/mol. The van der Waals surface area contributed by atoms with E-state index in [2.05, 4.69) is 10.3 Å². The van der Waals surface area contributed by atoms with Gasteiger partial charge in [-0.1, -0.05) is 18.9 Å². The van der Waals surface area contributed by atoms with Crippen LogP contribution in [0.5, 0.6) is 5.88 Å². The van der Waals surface area contributed by atoms with E-state index in [1.807, 2.05) is 18.2 Å². The smallest absolute Gasteiger partial charge is 0.214 e. The molecule has 0 spiro atoms. The Morgan fingerprint density at radius 2 is 2.14 bits per heavy atom. The quantitative estimate of drug-likeness (QED) is 0.798. The topological polar surface area (TPSA) is 34.1 Å². The molecule has 0 unspecified atom stereocenters. The van der Waals surface area contributed by atoms with E-state index in [0.717, 1.165) is 5.82 Å². The molecule has 1 heterocycles. The number of nitrogens with zero attached hydrogens (tertiary/aromatic N) is 1. The predicted octanol–water partition coefficient (Wildman–Crippen LogP) is 2.44. The summed E-state index contributed by atoms with van der Waals surface area (Å²) in [5.74, 6) is 1.60. The van der Waals surface area contributed by atoms with Crippen molar-refractivity contribution >= 4 is 5.82 Å². The molecule has 0 atom stereocenters. The highest BCUT2D eigenvalue weighted by Gasteiger charge is 2.14. The third kappa shape index (κ3) is 2.16. The van der Waals surface area contributed by atoms with Crippen LogP contribution in [-0.4, -0.2) is 18.1 Å². The van der Waals surface area contributed by atoms with Gasteiger partial charge in [-0.2, -0.15) is 4.98 Å². The van der Waals surface area contributed by atoms with Crippen LogP contribution >= 0.6 is 0 Å². The third-order valence-corrected chi connectivity index (χ3v) is 2.64. The Hall–Kier alpha value is -1.25. The van der Waals surface area contributed by atoms with Gasteiger partial charge in [-0.25, -0.2) is 0 Å². The Bertz CT molecular complexity index is 295. The molecule has 1 fully saturated rings. The summed E-state index contributed by atoms with van der Waals surface area (Å²) in [6, 6.07) is 6.42. The summed E-state index contributed by atoms with van der Waals surface area (Å²) in [7, 11) is 1.64. The molecule has 0 saturated heterocycles. The number of ether oxygens (including phenoxy) is 1. The molecule has 3 nitrogen and oxygen atoms in total. The van der Waals surface area contributed by atoms with Crippen LogP contribution in [0.2, 0.25) is 0 Å². The lowest BCUT2D eigenvalue weighted by Crippen LogP contribution is -2.15. The van der Waals surface area contributed by atoms with Crippen molar-refractivity contribution in [2.45, 2.75) is 31.7 Å². The number of rotatable bonds is 3. The number of methoxy groups -OCH3 is 1. The summed E-state index contributed by atoms with van der Waals surface area (Å²) < 4.78 is 5.07. The van der Waals surface area contributed by atoms with Crippen LogP contribution < -0.4 is 10.1 Å². The zero-order valence-electron chi connectivity index (χ0n) is 8.49. The Labute approximate surface area is 84.5 Å². The van der Waals surface area contributed by atoms with E-state index in [0.29, 0.717) is 11.9 Å². The second kappa shape index (κ2) is 4.31. The third-order valence-electron chi connectivity index (χ3n) is 2.64. The number of nitrogens with one attached hydrogen (secondary N) is 1. The largest absolute Gasteiger partial charge is 0.481 e. The summed E-state index contributed by atoms with van der Waals surface area (Å²) in [4.78, 5) is 4.32. The fourth-order valence-electron chi connectivity index (χ4n) is 1.89. The van der Waals surface area contributed by atoms with Crippen molar-refractivity contribution in [1.29, 1.82) is 0 Å². The summed E-state index contributed by atoms with van der Waals surface area (Å²) in [6.45, 7) is 0. The molecule has 0 aliphatic heterocycles. The molecule has 1 aromatic heterocycles. The molecule has 3 heteroatoms. The Balaban J connectivity index is 2.00. The molecule has 2 rings (SSSR count). The minimum atomic E-state index is 0.606. The first-order chi connectivity index (χ1) is 6.88. The maximum Gasteiger partial charge on any atom is 0.214 e. The minimum absolute atomic E-state index is 0.606. The highest BCUT2D eigenvalue weighted by atomic mass is 16.5. The van der Waals surface area contributed by atoms with E-state index in [4.69, 9.17) is 4.74 Å². The molecular weight excluding hydrogens is 176 g/mol. The van der Waals surface area contributed by atoms with E-state index in [1.54, 1.807) is 7.11 Å². The molecule has 0 radical (unpaired) electrons. The van der Waals surface area contributed by atoms with Crippen LogP contribution in [0.4, 0.5) is 5.82 Å². The molecule has 1 aliphatic rings. The van der Waals surface area contributed by atoms with Crippen LogP contribution in [-0.2, 0) is 0 Å². The average Bonchev–Trinajstić information content (AvgIpc) is 2.71. The molecule has 0 bridgehead atoms. The van der Waals surface area contributed by atoms with Gasteiger partial charge in [0.15, 0.2) is 0 Å². The van der Waals surface area contributed by atoms with Gasteiger partial charge in [0.05, 0.1) is 7.11 Å². The molecule has 1 aromatic rings. The van der Waals surface area contributed by atoms with Crippen LogP contribution in [0.1, 0.15) is 25.7 Å². The summed E-state index contributed by atoms with van der Waals surface area (Å²) >= 11 is 0. The van der Waals surface area contributed by atoms with Gasteiger partial charge >= 0.3 is 0 Å².